The van der Waals surface area contributed by atoms with Gasteiger partial charge in [-0.2, -0.15) is 5.26 Å². The third kappa shape index (κ3) is 9.08. The third-order valence-corrected chi connectivity index (χ3v) is 3.74. The van der Waals surface area contributed by atoms with Gasteiger partial charge in [-0.1, -0.05) is 6.07 Å². The summed E-state index contributed by atoms with van der Waals surface area (Å²) in [6.45, 7) is 3.35. The molecule has 0 aliphatic carbocycles. The van der Waals surface area contributed by atoms with Crippen molar-refractivity contribution in [2.24, 2.45) is 0 Å². The molecule has 0 saturated carbocycles. The van der Waals surface area contributed by atoms with E-state index in [0.717, 1.165) is 39.0 Å². The van der Waals surface area contributed by atoms with E-state index in [2.05, 4.69) is 15.9 Å². The lowest BCUT2D eigenvalue weighted by atomic mass is 10.2. The number of nitrogens with zero attached hydrogens (tertiary/aromatic N) is 4. The van der Waals surface area contributed by atoms with E-state index in [1.807, 2.05) is 33.1 Å². The van der Waals surface area contributed by atoms with Gasteiger partial charge in [-0.3, -0.25) is 4.79 Å². The molecule has 1 aromatic carbocycles. The Morgan fingerprint density at radius 3 is 2.16 bits per heavy atom. The largest absolute Gasteiger partial charge is 0.484 e. The van der Waals surface area contributed by atoms with Gasteiger partial charge in [0.1, 0.15) is 5.75 Å². The van der Waals surface area contributed by atoms with Crippen molar-refractivity contribution in [3.8, 4) is 11.8 Å². The fourth-order valence-electron chi connectivity index (χ4n) is 2.41. The highest BCUT2D eigenvalue weighted by Gasteiger charge is 2.14. The van der Waals surface area contributed by atoms with E-state index < -0.39 is 0 Å². The average Bonchev–Trinajstić information content (AvgIpc) is 2.58. The normalized spacial score (nSPS) is 10.8. The van der Waals surface area contributed by atoms with E-state index in [4.69, 9.17) is 10.00 Å². The topological polar surface area (TPSA) is 59.8 Å². The lowest BCUT2D eigenvalue weighted by Crippen LogP contribution is -2.38. The standard InChI is InChI=1S/C19H30N4O2/c1-21(2)10-6-12-23(13-7-11-22(3)4)19(24)16-25-18-9-5-8-17(14-18)15-20/h5,8-9,14H,6-7,10-13,16H2,1-4H3. The van der Waals surface area contributed by atoms with Crippen molar-refractivity contribution in [1.29, 1.82) is 5.26 Å². The van der Waals surface area contributed by atoms with Crippen molar-refractivity contribution in [1.82, 2.24) is 14.7 Å². The molecule has 6 heteroatoms. The zero-order valence-corrected chi connectivity index (χ0v) is 15.9. The van der Waals surface area contributed by atoms with Crippen LogP contribution in [0.25, 0.3) is 0 Å². The monoisotopic (exact) mass is 346 g/mol. The Kier molecular flexibility index (Phi) is 9.60. The minimum atomic E-state index is -0.0140. The first-order chi connectivity index (χ1) is 11.9. The first kappa shape index (κ1) is 20.9. The van der Waals surface area contributed by atoms with E-state index in [0.29, 0.717) is 11.3 Å². The van der Waals surface area contributed by atoms with Crippen LogP contribution in [0.1, 0.15) is 18.4 Å². The summed E-state index contributed by atoms with van der Waals surface area (Å²) in [5.74, 6) is 0.536. The maximum absolute atomic E-state index is 12.5. The first-order valence-corrected chi connectivity index (χ1v) is 8.62. The molecule has 0 fully saturated rings. The molecule has 0 bridgehead atoms. The fraction of sp³-hybridized carbons (Fsp3) is 0.579. The highest BCUT2D eigenvalue weighted by molar-refractivity contribution is 5.77. The van der Waals surface area contributed by atoms with Crippen LogP contribution in [-0.4, -0.2) is 81.6 Å². The SMILES string of the molecule is CN(C)CCCN(CCCN(C)C)C(=O)COc1cccc(C#N)c1. The second-order valence-corrected chi connectivity index (χ2v) is 6.62. The van der Waals surface area contributed by atoms with Crippen molar-refractivity contribution < 1.29 is 9.53 Å². The van der Waals surface area contributed by atoms with Crippen LogP contribution in [0.3, 0.4) is 0 Å². The van der Waals surface area contributed by atoms with Gasteiger partial charge in [-0.15, -0.1) is 0 Å². The Morgan fingerprint density at radius 2 is 1.64 bits per heavy atom. The van der Waals surface area contributed by atoms with Crippen LogP contribution >= 0.6 is 0 Å². The van der Waals surface area contributed by atoms with E-state index in [1.165, 1.54) is 0 Å². The highest BCUT2D eigenvalue weighted by Crippen LogP contribution is 2.12. The summed E-state index contributed by atoms with van der Waals surface area (Å²) in [6.07, 6.45) is 1.87. The van der Waals surface area contributed by atoms with Gasteiger partial charge in [0, 0.05) is 13.1 Å². The maximum atomic E-state index is 12.5. The molecule has 0 spiro atoms. The van der Waals surface area contributed by atoms with Crippen molar-refractivity contribution in [2.75, 3.05) is 61.0 Å². The van der Waals surface area contributed by atoms with Crippen molar-refractivity contribution >= 4 is 5.91 Å². The van der Waals surface area contributed by atoms with Gasteiger partial charge in [0.2, 0.25) is 0 Å². The van der Waals surface area contributed by atoms with Crippen LogP contribution < -0.4 is 4.74 Å². The van der Waals surface area contributed by atoms with Gasteiger partial charge in [-0.05, 0) is 72.3 Å². The predicted molar refractivity (Wildman–Crippen MR) is 99.6 cm³/mol. The molecule has 138 valence electrons. The summed E-state index contributed by atoms with van der Waals surface area (Å²) >= 11 is 0. The molecule has 0 unspecified atom stereocenters. The molecular formula is C19H30N4O2. The zero-order valence-electron chi connectivity index (χ0n) is 15.9. The van der Waals surface area contributed by atoms with E-state index in [9.17, 15) is 4.79 Å². The molecule has 25 heavy (non-hydrogen) atoms. The molecule has 0 aliphatic heterocycles. The number of hydrogen-bond donors (Lipinski definition) is 0. The summed E-state index contributed by atoms with van der Waals surface area (Å²) in [4.78, 5) is 18.6. The van der Waals surface area contributed by atoms with Gasteiger partial charge in [0.25, 0.3) is 5.91 Å². The number of rotatable bonds is 11. The van der Waals surface area contributed by atoms with Crippen LogP contribution in [0.5, 0.6) is 5.75 Å². The predicted octanol–water partition coefficient (Wildman–Crippen LogP) is 1.67. The van der Waals surface area contributed by atoms with Gasteiger partial charge in [-0.25, -0.2) is 0 Å². The molecular weight excluding hydrogens is 316 g/mol. The summed E-state index contributed by atoms with van der Waals surface area (Å²) in [6, 6.07) is 8.95. The Hall–Kier alpha value is -2.10. The molecule has 0 aliphatic rings. The third-order valence-electron chi connectivity index (χ3n) is 3.74. The average molecular weight is 346 g/mol. The van der Waals surface area contributed by atoms with Crippen LogP contribution in [-0.2, 0) is 4.79 Å². The maximum Gasteiger partial charge on any atom is 0.260 e. The van der Waals surface area contributed by atoms with E-state index in [1.54, 1.807) is 24.3 Å². The second kappa shape index (κ2) is 11.5. The minimum absolute atomic E-state index is 0.00118. The Bertz CT molecular complexity index is 553. The van der Waals surface area contributed by atoms with E-state index >= 15 is 0 Å². The molecule has 0 saturated heterocycles. The molecule has 0 atom stereocenters. The second-order valence-electron chi connectivity index (χ2n) is 6.62. The molecule has 1 rings (SSSR count). The van der Waals surface area contributed by atoms with Crippen molar-refractivity contribution in [3.05, 3.63) is 29.8 Å². The van der Waals surface area contributed by atoms with Crippen LogP contribution in [0.4, 0.5) is 0 Å². The lowest BCUT2D eigenvalue weighted by Gasteiger charge is -2.24. The van der Waals surface area contributed by atoms with Gasteiger partial charge >= 0.3 is 0 Å². The van der Waals surface area contributed by atoms with Gasteiger partial charge in [0.05, 0.1) is 11.6 Å². The molecule has 6 nitrogen and oxygen atoms in total. The van der Waals surface area contributed by atoms with Crippen LogP contribution in [0.15, 0.2) is 24.3 Å². The zero-order chi connectivity index (χ0) is 18.7. The summed E-state index contributed by atoms with van der Waals surface area (Å²) in [7, 11) is 8.12. The molecule has 0 aromatic heterocycles. The first-order valence-electron chi connectivity index (χ1n) is 8.62. The van der Waals surface area contributed by atoms with Crippen LogP contribution in [0, 0.1) is 11.3 Å². The number of nitriles is 1. The molecule has 0 heterocycles. The lowest BCUT2D eigenvalue weighted by molar-refractivity contribution is -0.133. The number of amides is 1. The van der Waals surface area contributed by atoms with Crippen molar-refractivity contribution in [3.63, 3.8) is 0 Å². The van der Waals surface area contributed by atoms with Gasteiger partial charge < -0.3 is 19.4 Å². The number of carbonyl (C=O) groups is 1. The fourth-order valence-corrected chi connectivity index (χ4v) is 2.41. The van der Waals surface area contributed by atoms with Crippen molar-refractivity contribution in [2.45, 2.75) is 12.8 Å². The quantitative estimate of drug-likeness (QED) is 0.610. The molecule has 0 N–H and O–H groups in total. The van der Waals surface area contributed by atoms with E-state index in [-0.39, 0.29) is 12.5 Å². The minimum Gasteiger partial charge on any atom is -0.484 e. The van der Waals surface area contributed by atoms with Gasteiger partial charge in [0.15, 0.2) is 6.61 Å². The smallest absolute Gasteiger partial charge is 0.260 e. The number of carbonyl (C=O) groups excluding carboxylic acids is 1. The van der Waals surface area contributed by atoms with Crippen LogP contribution in [0.2, 0.25) is 0 Å². The Labute approximate surface area is 151 Å². The Morgan fingerprint density at radius 1 is 1.04 bits per heavy atom. The summed E-state index contributed by atoms with van der Waals surface area (Å²) < 4.78 is 5.58. The highest BCUT2D eigenvalue weighted by atomic mass is 16.5. The Balaban J connectivity index is 2.55. The molecule has 1 aromatic rings. The summed E-state index contributed by atoms with van der Waals surface area (Å²) in [5, 5.41) is 8.92. The number of benzene rings is 1. The number of ether oxygens (including phenoxy) is 1. The number of hydrogen-bond acceptors (Lipinski definition) is 5. The molecule has 1 amide bonds. The molecule has 0 radical (unpaired) electrons. The summed E-state index contributed by atoms with van der Waals surface area (Å²) in [5.41, 5.74) is 0.527.